The Labute approximate surface area is 101 Å². The van der Waals surface area contributed by atoms with Gasteiger partial charge in [-0.1, -0.05) is 17.3 Å². The van der Waals surface area contributed by atoms with E-state index < -0.39 is 0 Å². The van der Waals surface area contributed by atoms with Gasteiger partial charge in [-0.05, 0) is 37.1 Å². The van der Waals surface area contributed by atoms with Gasteiger partial charge in [0.1, 0.15) is 12.0 Å². The summed E-state index contributed by atoms with van der Waals surface area (Å²) >= 11 is 0. The van der Waals surface area contributed by atoms with Crippen LogP contribution in [0.2, 0.25) is 0 Å². The van der Waals surface area contributed by atoms with Crippen LogP contribution in [0.1, 0.15) is 18.1 Å². The fourth-order valence-corrected chi connectivity index (χ4v) is 1.56. The molecule has 1 aromatic heterocycles. The summed E-state index contributed by atoms with van der Waals surface area (Å²) in [7, 11) is 0. The SMILES string of the molecule is CCO/C=C/c1cc(-c2ccon2)ccc1C. The summed E-state index contributed by atoms with van der Waals surface area (Å²) < 4.78 is 10.1. The first-order chi connectivity index (χ1) is 8.31. The summed E-state index contributed by atoms with van der Waals surface area (Å²) in [6.45, 7) is 4.71. The highest BCUT2D eigenvalue weighted by Gasteiger charge is 2.03. The lowest BCUT2D eigenvalue weighted by molar-refractivity contribution is 0.272. The average Bonchev–Trinajstić information content (AvgIpc) is 2.85. The molecule has 88 valence electrons. The summed E-state index contributed by atoms with van der Waals surface area (Å²) in [4.78, 5) is 0. The van der Waals surface area contributed by atoms with E-state index in [-0.39, 0.29) is 0 Å². The Kier molecular flexibility index (Phi) is 3.60. The van der Waals surface area contributed by atoms with Crippen molar-refractivity contribution < 1.29 is 9.26 Å². The molecule has 0 saturated carbocycles. The van der Waals surface area contributed by atoms with Crippen LogP contribution in [-0.4, -0.2) is 11.8 Å². The van der Waals surface area contributed by atoms with Crippen LogP contribution in [0.25, 0.3) is 17.3 Å². The van der Waals surface area contributed by atoms with Crippen LogP contribution in [0.5, 0.6) is 0 Å². The van der Waals surface area contributed by atoms with Gasteiger partial charge in [-0.2, -0.15) is 0 Å². The van der Waals surface area contributed by atoms with Gasteiger partial charge in [0.25, 0.3) is 0 Å². The minimum absolute atomic E-state index is 0.679. The van der Waals surface area contributed by atoms with Gasteiger partial charge in [0.05, 0.1) is 12.9 Å². The van der Waals surface area contributed by atoms with Crippen molar-refractivity contribution in [2.45, 2.75) is 13.8 Å². The van der Waals surface area contributed by atoms with Gasteiger partial charge >= 0.3 is 0 Å². The highest BCUT2D eigenvalue weighted by atomic mass is 16.5. The molecule has 0 aliphatic heterocycles. The molecule has 0 radical (unpaired) electrons. The number of aryl methyl sites for hydroxylation is 1. The van der Waals surface area contributed by atoms with Crippen LogP contribution in [0.4, 0.5) is 0 Å². The molecule has 0 bridgehead atoms. The minimum Gasteiger partial charge on any atom is -0.501 e. The molecular formula is C14H15NO2. The third-order valence-corrected chi connectivity index (χ3v) is 2.52. The standard InChI is InChI=1S/C14H15NO2/c1-3-16-8-6-12-10-13(5-4-11(12)2)14-7-9-17-15-14/h4-10H,3H2,1-2H3/b8-6+. The van der Waals surface area contributed by atoms with Gasteiger partial charge in [0.2, 0.25) is 0 Å². The number of benzene rings is 1. The van der Waals surface area contributed by atoms with E-state index in [0.717, 1.165) is 16.8 Å². The van der Waals surface area contributed by atoms with Crippen LogP contribution in [0, 0.1) is 6.92 Å². The van der Waals surface area contributed by atoms with E-state index in [4.69, 9.17) is 9.26 Å². The fraction of sp³-hybridized carbons (Fsp3) is 0.214. The van der Waals surface area contributed by atoms with Crippen LogP contribution >= 0.6 is 0 Å². The molecule has 3 nitrogen and oxygen atoms in total. The second-order valence-electron chi connectivity index (χ2n) is 3.71. The zero-order valence-corrected chi connectivity index (χ0v) is 10.0. The lowest BCUT2D eigenvalue weighted by atomic mass is 10.0. The Morgan fingerprint density at radius 2 is 2.24 bits per heavy atom. The molecule has 0 atom stereocenters. The lowest BCUT2D eigenvalue weighted by Crippen LogP contribution is -1.85. The number of hydrogen-bond donors (Lipinski definition) is 0. The Bertz CT molecular complexity index is 501. The maximum absolute atomic E-state index is 5.21. The number of nitrogens with zero attached hydrogens (tertiary/aromatic N) is 1. The van der Waals surface area contributed by atoms with Crippen LogP contribution in [-0.2, 0) is 4.74 Å². The number of ether oxygens (including phenoxy) is 1. The molecule has 1 aromatic carbocycles. The predicted octanol–water partition coefficient (Wildman–Crippen LogP) is 3.66. The van der Waals surface area contributed by atoms with Crippen LogP contribution in [0.3, 0.4) is 0 Å². The van der Waals surface area contributed by atoms with Crippen molar-refractivity contribution in [3.63, 3.8) is 0 Å². The molecule has 0 unspecified atom stereocenters. The van der Waals surface area contributed by atoms with E-state index in [1.165, 1.54) is 5.56 Å². The monoisotopic (exact) mass is 229 g/mol. The molecule has 0 spiro atoms. The third-order valence-electron chi connectivity index (χ3n) is 2.52. The zero-order valence-electron chi connectivity index (χ0n) is 10.0. The molecule has 1 heterocycles. The Balaban J connectivity index is 2.30. The van der Waals surface area contributed by atoms with Gasteiger partial charge in [-0.3, -0.25) is 0 Å². The first-order valence-corrected chi connectivity index (χ1v) is 5.61. The number of hydrogen-bond acceptors (Lipinski definition) is 3. The predicted molar refractivity (Wildman–Crippen MR) is 67.3 cm³/mol. The van der Waals surface area contributed by atoms with E-state index in [1.807, 2.05) is 25.1 Å². The van der Waals surface area contributed by atoms with Crippen molar-refractivity contribution in [1.29, 1.82) is 0 Å². The quantitative estimate of drug-likeness (QED) is 0.750. The maximum Gasteiger partial charge on any atom is 0.124 e. The van der Waals surface area contributed by atoms with Gasteiger partial charge in [0.15, 0.2) is 0 Å². The summed E-state index contributed by atoms with van der Waals surface area (Å²) in [5.74, 6) is 0. The van der Waals surface area contributed by atoms with E-state index in [2.05, 4.69) is 24.2 Å². The minimum atomic E-state index is 0.679. The van der Waals surface area contributed by atoms with E-state index in [0.29, 0.717) is 6.61 Å². The molecule has 3 heteroatoms. The van der Waals surface area contributed by atoms with Gasteiger partial charge in [0, 0.05) is 11.6 Å². The highest BCUT2D eigenvalue weighted by molar-refractivity contribution is 5.65. The smallest absolute Gasteiger partial charge is 0.124 e. The molecule has 2 aromatic rings. The molecule has 17 heavy (non-hydrogen) atoms. The number of aromatic nitrogens is 1. The Morgan fingerprint density at radius 1 is 1.35 bits per heavy atom. The highest BCUT2D eigenvalue weighted by Crippen LogP contribution is 2.21. The Morgan fingerprint density at radius 3 is 2.94 bits per heavy atom. The normalized spacial score (nSPS) is 10.9. The van der Waals surface area contributed by atoms with Crippen molar-refractivity contribution in [3.8, 4) is 11.3 Å². The zero-order chi connectivity index (χ0) is 12.1. The molecule has 0 amide bonds. The van der Waals surface area contributed by atoms with Crippen molar-refractivity contribution in [3.05, 3.63) is 47.9 Å². The molecular weight excluding hydrogens is 214 g/mol. The summed E-state index contributed by atoms with van der Waals surface area (Å²) in [6.07, 6.45) is 5.25. The van der Waals surface area contributed by atoms with Crippen LogP contribution < -0.4 is 0 Å². The van der Waals surface area contributed by atoms with Crippen molar-refractivity contribution in [2.24, 2.45) is 0 Å². The number of rotatable bonds is 4. The molecule has 0 aliphatic carbocycles. The molecule has 2 rings (SSSR count). The third kappa shape index (κ3) is 2.75. The first-order valence-electron chi connectivity index (χ1n) is 5.61. The summed E-state index contributed by atoms with van der Waals surface area (Å²) in [5.41, 5.74) is 4.21. The fourth-order valence-electron chi connectivity index (χ4n) is 1.56. The summed E-state index contributed by atoms with van der Waals surface area (Å²) in [5, 5.41) is 3.92. The van der Waals surface area contributed by atoms with Gasteiger partial charge in [-0.15, -0.1) is 0 Å². The van der Waals surface area contributed by atoms with Crippen molar-refractivity contribution in [2.75, 3.05) is 6.61 Å². The maximum atomic E-state index is 5.21. The summed E-state index contributed by atoms with van der Waals surface area (Å²) in [6, 6.07) is 8.02. The second-order valence-corrected chi connectivity index (χ2v) is 3.71. The van der Waals surface area contributed by atoms with E-state index >= 15 is 0 Å². The topological polar surface area (TPSA) is 35.3 Å². The molecule has 0 fully saturated rings. The second kappa shape index (κ2) is 5.34. The van der Waals surface area contributed by atoms with E-state index in [1.54, 1.807) is 12.5 Å². The van der Waals surface area contributed by atoms with Gasteiger partial charge < -0.3 is 9.26 Å². The van der Waals surface area contributed by atoms with Gasteiger partial charge in [-0.25, -0.2) is 0 Å². The van der Waals surface area contributed by atoms with Crippen molar-refractivity contribution in [1.82, 2.24) is 5.16 Å². The van der Waals surface area contributed by atoms with Crippen LogP contribution in [0.15, 0.2) is 41.3 Å². The Hall–Kier alpha value is -2.03. The molecule has 0 N–H and O–H groups in total. The largest absolute Gasteiger partial charge is 0.501 e. The van der Waals surface area contributed by atoms with E-state index in [9.17, 15) is 0 Å². The first kappa shape index (κ1) is 11.5. The molecule has 0 saturated heterocycles. The van der Waals surface area contributed by atoms with Crippen molar-refractivity contribution >= 4 is 6.08 Å². The lowest BCUT2D eigenvalue weighted by Gasteiger charge is -2.03. The average molecular weight is 229 g/mol. The molecule has 0 aliphatic rings.